The third-order valence-corrected chi connectivity index (χ3v) is 2.11. The SMILES string of the molecule is CC(C)OCCCCNCCC(C)(C)O. The van der Waals surface area contributed by atoms with Crippen LogP contribution in [0.4, 0.5) is 0 Å². The third-order valence-electron chi connectivity index (χ3n) is 2.11. The summed E-state index contributed by atoms with van der Waals surface area (Å²) in [5, 5.41) is 12.8. The van der Waals surface area contributed by atoms with Crippen molar-refractivity contribution >= 4 is 0 Å². The fourth-order valence-electron chi connectivity index (χ4n) is 1.19. The molecule has 0 aromatic carbocycles. The molecule has 0 rings (SSSR count). The first kappa shape index (κ1) is 14.9. The number of ether oxygens (including phenoxy) is 1. The highest BCUT2D eigenvalue weighted by atomic mass is 16.5. The van der Waals surface area contributed by atoms with E-state index in [4.69, 9.17) is 4.74 Å². The van der Waals surface area contributed by atoms with E-state index < -0.39 is 5.60 Å². The highest BCUT2D eigenvalue weighted by molar-refractivity contribution is 4.66. The normalized spacial score (nSPS) is 12.4. The molecule has 2 N–H and O–H groups in total. The molecule has 0 fully saturated rings. The number of rotatable bonds is 9. The Morgan fingerprint density at radius 3 is 2.40 bits per heavy atom. The summed E-state index contributed by atoms with van der Waals surface area (Å²) in [5.41, 5.74) is -0.548. The van der Waals surface area contributed by atoms with Crippen LogP contribution >= 0.6 is 0 Å². The summed E-state index contributed by atoms with van der Waals surface area (Å²) >= 11 is 0. The molecular formula is C12H27NO2. The van der Waals surface area contributed by atoms with Gasteiger partial charge < -0.3 is 15.2 Å². The Labute approximate surface area is 94.2 Å². The summed E-state index contributed by atoms with van der Waals surface area (Å²) in [6.07, 6.45) is 3.38. The minimum atomic E-state index is -0.548. The number of hydrogen-bond donors (Lipinski definition) is 2. The zero-order valence-electron chi connectivity index (χ0n) is 10.7. The van der Waals surface area contributed by atoms with Crippen molar-refractivity contribution in [2.24, 2.45) is 0 Å². The van der Waals surface area contributed by atoms with Crippen LogP contribution in [0.3, 0.4) is 0 Å². The average molecular weight is 217 g/mol. The van der Waals surface area contributed by atoms with E-state index in [0.29, 0.717) is 6.10 Å². The van der Waals surface area contributed by atoms with Gasteiger partial charge in [-0.25, -0.2) is 0 Å². The Hall–Kier alpha value is -0.120. The molecule has 0 aromatic heterocycles. The first-order valence-corrected chi connectivity index (χ1v) is 5.96. The minimum Gasteiger partial charge on any atom is -0.390 e. The van der Waals surface area contributed by atoms with Gasteiger partial charge in [0.2, 0.25) is 0 Å². The lowest BCUT2D eigenvalue weighted by molar-refractivity contribution is 0.0698. The van der Waals surface area contributed by atoms with Gasteiger partial charge in [0.25, 0.3) is 0 Å². The van der Waals surface area contributed by atoms with Crippen LogP contribution in [0.1, 0.15) is 47.0 Å². The lowest BCUT2D eigenvalue weighted by Gasteiger charge is -2.16. The van der Waals surface area contributed by atoms with Crippen LogP contribution in [0.2, 0.25) is 0 Å². The van der Waals surface area contributed by atoms with Crippen molar-refractivity contribution in [3.05, 3.63) is 0 Å². The van der Waals surface area contributed by atoms with Gasteiger partial charge in [0.05, 0.1) is 11.7 Å². The van der Waals surface area contributed by atoms with Gasteiger partial charge in [0, 0.05) is 6.61 Å². The molecule has 0 bridgehead atoms. The van der Waals surface area contributed by atoms with Crippen molar-refractivity contribution in [3.8, 4) is 0 Å². The molecule has 3 nitrogen and oxygen atoms in total. The molecule has 92 valence electrons. The number of nitrogens with one attached hydrogen (secondary N) is 1. The Kier molecular flexibility index (Phi) is 8.02. The van der Waals surface area contributed by atoms with Gasteiger partial charge in [0.15, 0.2) is 0 Å². The van der Waals surface area contributed by atoms with E-state index in [9.17, 15) is 5.11 Å². The molecule has 0 aliphatic carbocycles. The third kappa shape index (κ3) is 13.9. The molecule has 15 heavy (non-hydrogen) atoms. The maximum atomic E-state index is 9.46. The smallest absolute Gasteiger partial charge is 0.0603 e. The van der Waals surface area contributed by atoms with Crippen LogP contribution in [-0.2, 0) is 4.74 Å². The highest BCUT2D eigenvalue weighted by Gasteiger charge is 2.10. The molecule has 0 aliphatic heterocycles. The average Bonchev–Trinajstić information content (AvgIpc) is 2.07. The standard InChI is InChI=1S/C12H27NO2/c1-11(2)15-10-6-5-8-13-9-7-12(3,4)14/h11,13-14H,5-10H2,1-4H3. The van der Waals surface area contributed by atoms with E-state index in [-0.39, 0.29) is 0 Å². The second-order valence-electron chi connectivity index (χ2n) is 4.94. The predicted octanol–water partition coefficient (Wildman–Crippen LogP) is 1.94. The molecule has 0 radical (unpaired) electrons. The molecule has 0 aliphatic rings. The Morgan fingerprint density at radius 1 is 1.20 bits per heavy atom. The Bertz CT molecular complexity index is 141. The maximum Gasteiger partial charge on any atom is 0.0603 e. The summed E-state index contributed by atoms with van der Waals surface area (Å²) in [4.78, 5) is 0. The van der Waals surface area contributed by atoms with Gasteiger partial charge in [-0.1, -0.05) is 0 Å². The lowest BCUT2D eigenvalue weighted by Crippen LogP contribution is -2.27. The number of unbranched alkanes of at least 4 members (excludes halogenated alkanes) is 1. The van der Waals surface area contributed by atoms with Crippen LogP contribution in [0.5, 0.6) is 0 Å². The second kappa shape index (κ2) is 8.08. The van der Waals surface area contributed by atoms with E-state index in [1.165, 1.54) is 0 Å². The van der Waals surface area contributed by atoms with E-state index in [1.807, 2.05) is 13.8 Å². The molecule has 0 heterocycles. The van der Waals surface area contributed by atoms with Gasteiger partial charge in [0.1, 0.15) is 0 Å². The van der Waals surface area contributed by atoms with E-state index in [2.05, 4.69) is 19.2 Å². The van der Waals surface area contributed by atoms with Crippen molar-refractivity contribution in [1.29, 1.82) is 0 Å². The number of aliphatic hydroxyl groups is 1. The largest absolute Gasteiger partial charge is 0.390 e. The molecular weight excluding hydrogens is 190 g/mol. The van der Waals surface area contributed by atoms with Crippen LogP contribution < -0.4 is 5.32 Å². The van der Waals surface area contributed by atoms with Crippen molar-refractivity contribution < 1.29 is 9.84 Å². The summed E-state index contributed by atoms with van der Waals surface area (Å²) in [6.45, 7) is 10.5. The number of hydrogen-bond acceptors (Lipinski definition) is 3. The quantitative estimate of drug-likeness (QED) is 0.580. The molecule has 0 unspecified atom stereocenters. The van der Waals surface area contributed by atoms with Crippen molar-refractivity contribution in [1.82, 2.24) is 5.32 Å². The zero-order chi connectivity index (χ0) is 11.7. The van der Waals surface area contributed by atoms with Gasteiger partial charge in [-0.15, -0.1) is 0 Å². The molecule has 0 atom stereocenters. The first-order valence-electron chi connectivity index (χ1n) is 5.96. The van der Waals surface area contributed by atoms with Crippen LogP contribution in [0.25, 0.3) is 0 Å². The van der Waals surface area contributed by atoms with Crippen molar-refractivity contribution in [2.75, 3.05) is 19.7 Å². The zero-order valence-corrected chi connectivity index (χ0v) is 10.7. The minimum absolute atomic E-state index is 0.341. The summed E-state index contributed by atoms with van der Waals surface area (Å²) in [7, 11) is 0. The van der Waals surface area contributed by atoms with Gasteiger partial charge in [-0.2, -0.15) is 0 Å². The van der Waals surface area contributed by atoms with Crippen LogP contribution in [0, 0.1) is 0 Å². The Morgan fingerprint density at radius 2 is 1.87 bits per heavy atom. The summed E-state index contributed by atoms with van der Waals surface area (Å²) in [6, 6.07) is 0. The molecule has 3 heteroatoms. The second-order valence-corrected chi connectivity index (χ2v) is 4.94. The van der Waals surface area contributed by atoms with Crippen molar-refractivity contribution in [2.45, 2.75) is 58.7 Å². The molecule has 0 saturated heterocycles. The molecule has 0 amide bonds. The van der Waals surface area contributed by atoms with Gasteiger partial charge in [-0.3, -0.25) is 0 Å². The van der Waals surface area contributed by atoms with Gasteiger partial charge >= 0.3 is 0 Å². The molecule has 0 saturated carbocycles. The lowest BCUT2D eigenvalue weighted by atomic mass is 10.1. The van der Waals surface area contributed by atoms with Crippen LogP contribution in [-0.4, -0.2) is 36.5 Å². The van der Waals surface area contributed by atoms with Crippen molar-refractivity contribution in [3.63, 3.8) is 0 Å². The first-order chi connectivity index (χ1) is 6.92. The molecule has 0 spiro atoms. The van der Waals surface area contributed by atoms with E-state index >= 15 is 0 Å². The van der Waals surface area contributed by atoms with Crippen LogP contribution in [0.15, 0.2) is 0 Å². The topological polar surface area (TPSA) is 41.5 Å². The molecule has 0 aromatic rings. The summed E-state index contributed by atoms with van der Waals surface area (Å²) < 4.78 is 5.43. The van der Waals surface area contributed by atoms with E-state index in [0.717, 1.165) is 39.0 Å². The maximum absolute atomic E-state index is 9.46. The predicted molar refractivity (Wildman–Crippen MR) is 64.1 cm³/mol. The highest BCUT2D eigenvalue weighted by Crippen LogP contribution is 2.04. The monoisotopic (exact) mass is 217 g/mol. The van der Waals surface area contributed by atoms with E-state index in [1.54, 1.807) is 0 Å². The fraction of sp³-hybridized carbons (Fsp3) is 1.00. The Balaban J connectivity index is 3.06. The fourth-order valence-corrected chi connectivity index (χ4v) is 1.19. The summed E-state index contributed by atoms with van der Waals surface area (Å²) in [5.74, 6) is 0. The van der Waals surface area contributed by atoms with Gasteiger partial charge in [-0.05, 0) is 60.0 Å².